The van der Waals surface area contributed by atoms with Gasteiger partial charge in [0.15, 0.2) is 0 Å². The van der Waals surface area contributed by atoms with Gasteiger partial charge in [0.25, 0.3) is 5.91 Å². The van der Waals surface area contributed by atoms with Crippen molar-refractivity contribution >= 4 is 22.6 Å². The van der Waals surface area contributed by atoms with Crippen molar-refractivity contribution in [3.8, 4) is 5.75 Å². The number of alkyl halides is 3. The Morgan fingerprint density at radius 3 is 2.32 bits per heavy atom. The molecule has 196 valence electrons. The van der Waals surface area contributed by atoms with Crippen LogP contribution in [0.3, 0.4) is 0 Å². The Hall–Kier alpha value is -3.55. The molecule has 8 heteroatoms. The summed E-state index contributed by atoms with van der Waals surface area (Å²) in [7, 11) is 1.31. The van der Waals surface area contributed by atoms with Gasteiger partial charge < -0.3 is 14.8 Å². The van der Waals surface area contributed by atoms with Gasteiger partial charge in [-0.15, -0.1) is 0 Å². The number of rotatable bonds is 7. The number of esters is 1. The van der Waals surface area contributed by atoms with Crippen LogP contribution in [-0.4, -0.2) is 25.0 Å². The monoisotopic (exact) mass is 513 g/mol. The molecule has 1 aliphatic carbocycles. The lowest BCUT2D eigenvalue weighted by atomic mass is 9.83. The zero-order valence-corrected chi connectivity index (χ0v) is 20.9. The molecule has 1 aliphatic rings. The summed E-state index contributed by atoms with van der Waals surface area (Å²) in [5, 5.41) is 4.43. The molecule has 3 aromatic rings. The van der Waals surface area contributed by atoms with E-state index < -0.39 is 29.7 Å². The summed E-state index contributed by atoms with van der Waals surface area (Å²) in [4.78, 5) is 26.1. The molecule has 1 atom stereocenters. The van der Waals surface area contributed by atoms with E-state index >= 15 is 0 Å². The van der Waals surface area contributed by atoms with Crippen LogP contribution < -0.4 is 10.1 Å². The number of nitrogens with one attached hydrogen (secondary N) is 1. The number of hydrogen-bond acceptors (Lipinski definition) is 4. The lowest BCUT2D eigenvalue weighted by molar-refractivity contribution is -0.144. The second-order valence-electron chi connectivity index (χ2n) is 9.52. The Morgan fingerprint density at radius 1 is 1.00 bits per heavy atom. The fourth-order valence-electron chi connectivity index (χ4n) is 4.87. The molecule has 1 saturated carbocycles. The van der Waals surface area contributed by atoms with Gasteiger partial charge in [0.05, 0.1) is 18.2 Å². The van der Waals surface area contributed by atoms with E-state index in [1.165, 1.54) is 19.2 Å². The van der Waals surface area contributed by atoms with Crippen molar-refractivity contribution in [2.45, 2.75) is 57.9 Å². The van der Waals surface area contributed by atoms with Crippen LogP contribution >= 0.6 is 0 Å². The normalized spacial score (nSPS) is 15.3. The summed E-state index contributed by atoms with van der Waals surface area (Å²) in [6.07, 6.45) is 0.314. The summed E-state index contributed by atoms with van der Waals surface area (Å²) in [6, 6.07) is 13.2. The number of fused-ring (bicyclic) bond motifs is 1. The van der Waals surface area contributed by atoms with Crippen molar-refractivity contribution in [3.05, 3.63) is 76.9 Å². The van der Waals surface area contributed by atoms with Gasteiger partial charge in [-0.2, -0.15) is 13.2 Å². The second kappa shape index (κ2) is 11.2. The van der Waals surface area contributed by atoms with Crippen LogP contribution in [0.25, 0.3) is 10.8 Å². The van der Waals surface area contributed by atoms with Gasteiger partial charge in [-0.25, -0.2) is 4.79 Å². The van der Waals surface area contributed by atoms with E-state index in [0.717, 1.165) is 55.2 Å². The minimum Gasteiger partial charge on any atom is -0.487 e. The molecule has 0 spiro atoms. The molecule has 0 aliphatic heterocycles. The Bertz CT molecular complexity index is 1260. The number of halogens is 3. The lowest BCUT2D eigenvalue weighted by Crippen LogP contribution is -2.47. The summed E-state index contributed by atoms with van der Waals surface area (Å²) in [5.74, 6) is -0.647. The van der Waals surface area contributed by atoms with Gasteiger partial charge in [0.2, 0.25) is 0 Å². The van der Waals surface area contributed by atoms with Crippen molar-refractivity contribution in [2.24, 2.45) is 5.92 Å². The first-order valence-corrected chi connectivity index (χ1v) is 12.4. The van der Waals surface area contributed by atoms with Gasteiger partial charge in [0, 0.05) is 5.39 Å². The van der Waals surface area contributed by atoms with Crippen molar-refractivity contribution in [3.63, 3.8) is 0 Å². The third kappa shape index (κ3) is 6.24. The number of carbonyl (C=O) groups excluding carboxylic acids is 2. The first-order valence-electron chi connectivity index (χ1n) is 12.4. The summed E-state index contributed by atoms with van der Waals surface area (Å²) < 4.78 is 49.9. The highest BCUT2D eigenvalue weighted by molar-refractivity contribution is 6.05. The van der Waals surface area contributed by atoms with Crippen LogP contribution in [0.5, 0.6) is 5.75 Å². The quantitative estimate of drug-likeness (QED) is 0.362. The molecule has 3 aromatic carbocycles. The van der Waals surface area contributed by atoms with Crippen molar-refractivity contribution in [1.29, 1.82) is 0 Å². The van der Waals surface area contributed by atoms with E-state index in [1.54, 1.807) is 6.07 Å². The fourth-order valence-corrected chi connectivity index (χ4v) is 4.87. The highest BCUT2D eigenvalue weighted by atomic mass is 19.4. The first-order chi connectivity index (χ1) is 17.7. The van der Waals surface area contributed by atoms with Gasteiger partial charge in [-0.3, -0.25) is 4.79 Å². The van der Waals surface area contributed by atoms with Gasteiger partial charge in [-0.05, 0) is 60.9 Å². The van der Waals surface area contributed by atoms with Gasteiger partial charge >= 0.3 is 12.1 Å². The third-order valence-corrected chi connectivity index (χ3v) is 6.90. The Morgan fingerprint density at radius 2 is 1.68 bits per heavy atom. The maximum Gasteiger partial charge on any atom is 0.416 e. The van der Waals surface area contributed by atoms with Crippen LogP contribution in [-0.2, 0) is 22.3 Å². The predicted molar refractivity (Wildman–Crippen MR) is 134 cm³/mol. The highest BCUT2D eigenvalue weighted by Crippen LogP contribution is 2.34. The third-order valence-electron chi connectivity index (χ3n) is 6.90. The van der Waals surface area contributed by atoms with Crippen LogP contribution in [0.4, 0.5) is 13.2 Å². The van der Waals surface area contributed by atoms with E-state index in [2.05, 4.69) is 5.32 Å². The molecule has 1 unspecified atom stereocenters. The van der Waals surface area contributed by atoms with Crippen LogP contribution in [0.15, 0.2) is 54.6 Å². The van der Waals surface area contributed by atoms with E-state index in [4.69, 9.17) is 9.47 Å². The molecule has 0 radical (unpaired) electrons. The topological polar surface area (TPSA) is 64.6 Å². The standard InChI is InChI=1S/C29H30F3NO4/c1-18-8-11-20-12-15-23(27(34)33-25(28(35)36-2)21-6-4-3-5-7-21)26(24(20)16-18)37-17-19-9-13-22(14-10-19)29(30,31)32/h8-16,21,25H,3-7,17H2,1-2H3,(H,33,34). The molecule has 0 aromatic heterocycles. The molecule has 0 saturated heterocycles. The SMILES string of the molecule is COC(=O)C(NC(=O)c1ccc2ccc(C)cc2c1OCc1ccc(C(F)(F)F)cc1)C1CCCCC1. The highest BCUT2D eigenvalue weighted by Gasteiger charge is 2.33. The molecule has 0 bridgehead atoms. The first kappa shape index (κ1) is 26.5. The van der Waals surface area contributed by atoms with E-state index in [0.29, 0.717) is 16.7 Å². The number of amides is 1. The Balaban J connectivity index is 1.64. The molecular formula is C29H30F3NO4. The number of ether oxygens (including phenoxy) is 2. The predicted octanol–water partition coefficient (Wildman–Crippen LogP) is 6.60. The number of benzene rings is 3. The maximum absolute atomic E-state index is 13.5. The summed E-state index contributed by atoms with van der Waals surface area (Å²) in [5.41, 5.74) is 0.987. The van der Waals surface area contributed by atoms with Crippen molar-refractivity contribution < 1.29 is 32.2 Å². The minimum absolute atomic E-state index is 0.00985. The smallest absolute Gasteiger partial charge is 0.416 e. The molecule has 5 nitrogen and oxygen atoms in total. The Kier molecular flexibility index (Phi) is 8.05. The molecular weight excluding hydrogens is 483 g/mol. The average molecular weight is 514 g/mol. The van der Waals surface area contributed by atoms with E-state index in [1.807, 2.05) is 31.2 Å². The number of hydrogen-bond donors (Lipinski definition) is 1. The van der Waals surface area contributed by atoms with Crippen molar-refractivity contribution in [2.75, 3.05) is 7.11 Å². The summed E-state index contributed by atoms with van der Waals surface area (Å²) >= 11 is 0. The zero-order chi connectivity index (χ0) is 26.6. The molecule has 1 N–H and O–H groups in total. The maximum atomic E-state index is 13.5. The average Bonchev–Trinajstić information content (AvgIpc) is 2.90. The molecule has 0 heterocycles. The fraction of sp³-hybridized carbons (Fsp3) is 0.379. The molecule has 4 rings (SSSR count). The van der Waals surface area contributed by atoms with Crippen LogP contribution in [0, 0.1) is 12.8 Å². The second-order valence-corrected chi connectivity index (χ2v) is 9.52. The zero-order valence-electron chi connectivity index (χ0n) is 20.9. The Labute approximate surface area is 214 Å². The van der Waals surface area contributed by atoms with Crippen molar-refractivity contribution in [1.82, 2.24) is 5.32 Å². The van der Waals surface area contributed by atoms with E-state index in [-0.39, 0.29) is 18.1 Å². The lowest BCUT2D eigenvalue weighted by Gasteiger charge is -2.29. The molecule has 37 heavy (non-hydrogen) atoms. The van der Waals surface area contributed by atoms with E-state index in [9.17, 15) is 22.8 Å². The van der Waals surface area contributed by atoms with Crippen LogP contribution in [0.2, 0.25) is 0 Å². The molecule has 1 amide bonds. The largest absolute Gasteiger partial charge is 0.487 e. The molecule has 1 fully saturated rings. The van der Waals surface area contributed by atoms with Gasteiger partial charge in [0.1, 0.15) is 18.4 Å². The minimum atomic E-state index is -4.42. The van der Waals surface area contributed by atoms with Gasteiger partial charge in [-0.1, -0.05) is 55.2 Å². The number of methoxy groups -OCH3 is 1. The number of aryl methyl sites for hydroxylation is 1. The number of carbonyl (C=O) groups is 2. The summed E-state index contributed by atoms with van der Waals surface area (Å²) in [6.45, 7) is 1.89. The van der Waals surface area contributed by atoms with Crippen LogP contribution in [0.1, 0.15) is 59.2 Å².